The van der Waals surface area contributed by atoms with Gasteiger partial charge in [0.2, 0.25) is 0 Å². The Morgan fingerprint density at radius 3 is 2.67 bits per heavy atom. The summed E-state index contributed by atoms with van der Waals surface area (Å²) in [5.74, 6) is 0. The van der Waals surface area contributed by atoms with Gasteiger partial charge >= 0.3 is 0 Å². The van der Waals surface area contributed by atoms with Gasteiger partial charge in [-0.1, -0.05) is 22.0 Å². The van der Waals surface area contributed by atoms with Gasteiger partial charge in [-0.15, -0.1) is 0 Å². The molecule has 0 saturated carbocycles. The molecule has 2 atom stereocenters. The van der Waals surface area contributed by atoms with E-state index in [4.69, 9.17) is 5.73 Å². The normalized spacial score (nSPS) is 23.2. The van der Waals surface area contributed by atoms with Crippen LogP contribution in [0.2, 0.25) is 0 Å². The third-order valence-corrected chi connectivity index (χ3v) is 4.49. The smallest absolute Gasteiger partial charge is 0.0378 e. The van der Waals surface area contributed by atoms with Gasteiger partial charge in [0.05, 0.1) is 0 Å². The number of benzene rings is 1. The number of likely N-dealkylation sites (N-methyl/N-ethyl adjacent to an activating group) is 1. The molecule has 1 aromatic rings. The van der Waals surface area contributed by atoms with Gasteiger partial charge in [-0.25, -0.2) is 0 Å². The first-order chi connectivity index (χ1) is 8.49. The number of anilines is 1. The number of nitrogens with zero attached hydrogens (tertiary/aromatic N) is 2. The Bertz CT molecular complexity index is 420. The van der Waals surface area contributed by atoms with E-state index in [1.165, 1.54) is 11.3 Å². The monoisotopic (exact) mass is 311 g/mol. The molecule has 100 valence electrons. The highest BCUT2D eigenvalue weighted by molar-refractivity contribution is 9.10. The van der Waals surface area contributed by atoms with E-state index in [-0.39, 0.29) is 6.04 Å². The van der Waals surface area contributed by atoms with Crippen LogP contribution in [0.4, 0.5) is 5.69 Å². The Morgan fingerprint density at radius 2 is 2.11 bits per heavy atom. The van der Waals surface area contributed by atoms with Crippen molar-refractivity contribution in [3.63, 3.8) is 0 Å². The third kappa shape index (κ3) is 2.87. The molecule has 18 heavy (non-hydrogen) atoms. The fourth-order valence-corrected chi connectivity index (χ4v) is 3.09. The molecule has 3 nitrogen and oxygen atoms in total. The van der Waals surface area contributed by atoms with E-state index in [0.717, 1.165) is 24.1 Å². The predicted octanol–water partition coefficient (Wildman–Crippen LogP) is 2.61. The second kappa shape index (κ2) is 5.59. The molecule has 0 aliphatic carbocycles. The number of halogens is 1. The van der Waals surface area contributed by atoms with Gasteiger partial charge in [0.15, 0.2) is 0 Å². The molecule has 0 aromatic heterocycles. The highest BCUT2D eigenvalue weighted by Crippen LogP contribution is 2.28. The standard InChI is InChI=1S/C14H22BrN3/c1-10-9-18(7-6-17(10)3)12-4-5-13(11(2)16)14(15)8-12/h4-5,8,10-11H,6-7,9,16H2,1-3H3/t10?,11-/m1/s1. The lowest BCUT2D eigenvalue weighted by atomic mass is 10.1. The van der Waals surface area contributed by atoms with E-state index in [0.29, 0.717) is 6.04 Å². The van der Waals surface area contributed by atoms with Gasteiger partial charge in [0.25, 0.3) is 0 Å². The van der Waals surface area contributed by atoms with Crippen LogP contribution in [0, 0.1) is 0 Å². The van der Waals surface area contributed by atoms with Crippen LogP contribution >= 0.6 is 15.9 Å². The summed E-state index contributed by atoms with van der Waals surface area (Å²) in [7, 11) is 2.19. The maximum atomic E-state index is 5.93. The molecule has 0 amide bonds. The Balaban J connectivity index is 2.17. The van der Waals surface area contributed by atoms with E-state index in [2.05, 4.69) is 57.9 Å². The molecular weight excluding hydrogens is 290 g/mol. The van der Waals surface area contributed by atoms with Crippen molar-refractivity contribution in [2.75, 3.05) is 31.6 Å². The van der Waals surface area contributed by atoms with Gasteiger partial charge in [0, 0.05) is 41.9 Å². The minimum absolute atomic E-state index is 0.0693. The molecule has 1 aliphatic rings. The molecule has 1 heterocycles. The molecule has 0 radical (unpaired) electrons. The summed E-state index contributed by atoms with van der Waals surface area (Å²) >= 11 is 3.62. The fourth-order valence-electron chi connectivity index (χ4n) is 2.36. The van der Waals surface area contributed by atoms with Gasteiger partial charge in [-0.3, -0.25) is 0 Å². The molecule has 1 aliphatic heterocycles. The maximum absolute atomic E-state index is 5.93. The lowest BCUT2D eigenvalue weighted by Gasteiger charge is -2.39. The highest BCUT2D eigenvalue weighted by atomic mass is 79.9. The van der Waals surface area contributed by atoms with Crippen molar-refractivity contribution in [3.8, 4) is 0 Å². The van der Waals surface area contributed by atoms with Crippen LogP contribution in [-0.2, 0) is 0 Å². The summed E-state index contributed by atoms with van der Waals surface area (Å²) in [6.45, 7) is 7.58. The average molecular weight is 312 g/mol. The first-order valence-electron chi connectivity index (χ1n) is 6.49. The molecule has 0 spiro atoms. The zero-order valence-electron chi connectivity index (χ0n) is 11.4. The number of hydrogen-bond donors (Lipinski definition) is 1. The average Bonchev–Trinajstić information content (AvgIpc) is 2.32. The summed E-state index contributed by atoms with van der Waals surface area (Å²) in [5.41, 5.74) is 8.38. The summed E-state index contributed by atoms with van der Waals surface area (Å²) < 4.78 is 1.11. The highest BCUT2D eigenvalue weighted by Gasteiger charge is 2.21. The number of piperazine rings is 1. The lowest BCUT2D eigenvalue weighted by Crippen LogP contribution is -2.50. The Kier molecular flexibility index (Phi) is 4.30. The van der Waals surface area contributed by atoms with Gasteiger partial charge < -0.3 is 15.5 Å². The van der Waals surface area contributed by atoms with Crippen molar-refractivity contribution in [1.29, 1.82) is 0 Å². The van der Waals surface area contributed by atoms with Crippen LogP contribution < -0.4 is 10.6 Å². The summed E-state index contributed by atoms with van der Waals surface area (Å²) in [6.07, 6.45) is 0. The zero-order valence-corrected chi connectivity index (χ0v) is 12.9. The van der Waals surface area contributed by atoms with E-state index < -0.39 is 0 Å². The van der Waals surface area contributed by atoms with E-state index in [1.54, 1.807) is 0 Å². The van der Waals surface area contributed by atoms with E-state index in [1.807, 2.05) is 6.92 Å². The summed E-state index contributed by atoms with van der Waals surface area (Å²) in [4.78, 5) is 4.85. The van der Waals surface area contributed by atoms with Gasteiger partial charge in [0.1, 0.15) is 0 Å². The molecule has 1 saturated heterocycles. The fraction of sp³-hybridized carbons (Fsp3) is 0.571. The quantitative estimate of drug-likeness (QED) is 0.911. The molecule has 0 bridgehead atoms. The van der Waals surface area contributed by atoms with Crippen molar-refractivity contribution in [2.24, 2.45) is 5.73 Å². The topological polar surface area (TPSA) is 32.5 Å². The first kappa shape index (κ1) is 13.8. The van der Waals surface area contributed by atoms with Crippen LogP contribution in [0.3, 0.4) is 0 Å². The predicted molar refractivity (Wildman–Crippen MR) is 81.0 cm³/mol. The Morgan fingerprint density at radius 1 is 1.39 bits per heavy atom. The van der Waals surface area contributed by atoms with Crippen LogP contribution in [-0.4, -0.2) is 37.6 Å². The molecule has 1 fully saturated rings. The molecule has 4 heteroatoms. The van der Waals surface area contributed by atoms with Crippen molar-refractivity contribution in [1.82, 2.24) is 4.90 Å². The van der Waals surface area contributed by atoms with Crippen LogP contribution in [0.25, 0.3) is 0 Å². The van der Waals surface area contributed by atoms with E-state index in [9.17, 15) is 0 Å². The van der Waals surface area contributed by atoms with Crippen molar-refractivity contribution >= 4 is 21.6 Å². The van der Waals surface area contributed by atoms with Gasteiger partial charge in [-0.2, -0.15) is 0 Å². The minimum Gasteiger partial charge on any atom is -0.369 e. The molecular formula is C14H22BrN3. The minimum atomic E-state index is 0.0693. The molecule has 2 N–H and O–H groups in total. The zero-order chi connectivity index (χ0) is 13.3. The largest absolute Gasteiger partial charge is 0.369 e. The molecule has 2 rings (SSSR count). The molecule has 1 unspecified atom stereocenters. The van der Waals surface area contributed by atoms with Crippen LogP contribution in [0.5, 0.6) is 0 Å². The summed E-state index contributed by atoms with van der Waals surface area (Å²) in [6, 6.07) is 7.18. The third-order valence-electron chi connectivity index (χ3n) is 3.80. The summed E-state index contributed by atoms with van der Waals surface area (Å²) in [5, 5.41) is 0. The molecule has 1 aromatic carbocycles. The Hall–Kier alpha value is -0.580. The number of hydrogen-bond acceptors (Lipinski definition) is 3. The maximum Gasteiger partial charge on any atom is 0.0378 e. The number of rotatable bonds is 2. The second-order valence-electron chi connectivity index (χ2n) is 5.27. The van der Waals surface area contributed by atoms with Crippen LogP contribution in [0.1, 0.15) is 25.5 Å². The van der Waals surface area contributed by atoms with Gasteiger partial charge in [-0.05, 0) is 38.6 Å². The van der Waals surface area contributed by atoms with Crippen molar-refractivity contribution in [3.05, 3.63) is 28.2 Å². The second-order valence-corrected chi connectivity index (χ2v) is 6.12. The SMILES string of the molecule is CC1CN(c2ccc([C@@H](C)N)c(Br)c2)CCN1C. The number of nitrogens with two attached hydrogens (primary N) is 1. The van der Waals surface area contributed by atoms with Crippen LogP contribution in [0.15, 0.2) is 22.7 Å². The first-order valence-corrected chi connectivity index (χ1v) is 7.28. The van der Waals surface area contributed by atoms with E-state index >= 15 is 0 Å². The van der Waals surface area contributed by atoms with Crippen molar-refractivity contribution < 1.29 is 0 Å². The van der Waals surface area contributed by atoms with Crippen molar-refractivity contribution in [2.45, 2.75) is 25.9 Å². The Labute approximate surface area is 118 Å². The lowest BCUT2D eigenvalue weighted by molar-refractivity contribution is 0.234.